The number of hydrogen-bond acceptors (Lipinski definition) is 4. The summed E-state index contributed by atoms with van der Waals surface area (Å²) in [5.41, 5.74) is 0.653. The van der Waals surface area contributed by atoms with Crippen molar-refractivity contribution in [2.75, 3.05) is 26.4 Å². The molecule has 2 heterocycles. The van der Waals surface area contributed by atoms with Gasteiger partial charge in [0.15, 0.2) is 17.3 Å². The number of rotatable bonds is 2. The van der Waals surface area contributed by atoms with Gasteiger partial charge in [-0.05, 0) is 34.5 Å². The van der Waals surface area contributed by atoms with E-state index in [4.69, 9.17) is 14.2 Å². The van der Waals surface area contributed by atoms with Crippen LogP contribution in [-0.4, -0.2) is 32.2 Å². The summed E-state index contributed by atoms with van der Waals surface area (Å²) in [6.45, 7) is 2.44. The zero-order chi connectivity index (χ0) is 13.2. The maximum absolute atomic E-state index is 12.4. The molecule has 0 aromatic heterocycles. The predicted octanol–water partition coefficient (Wildman–Crippen LogP) is 2.83. The number of ether oxygens (including phenoxy) is 3. The van der Waals surface area contributed by atoms with Gasteiger partial charge in [-0.3, -0.25) is 4.79 Å². The van der Waals surface area contributed by atoms with Gasteiger partial charge in [-0.15, -0.1) is 0 Å². The molecule has 19 heavy (non-hydrogen) atoms. The number of Topliss-reactive ketones (excluding diaryl/α,β-unsaturated/α-hetero) is 1. The van der Waals surface area contributed by atoms with E-state index in [2.05, 4.69) is 15.9 Å². The van der Waals surface area contributed by atoms with E-state index in [1.54, 1.807) is 6.07 Å². The van der Waals surface area contributed by atoms with E-state index in [0.717, 1.165) is 17.3 Å². The van der Waals surface area contributed by atoms with Crippen molar-refractivity contribution in [3.8, 4) is 11.5 Å². The van der Waals surface area contributed by atoms with Gasteiger partial charge in [-0.2, -0.15) is 0 Å². The fourth-order valence-electron chi connectivity index (χ4n) is 2.33. The van der Waals surface area contributed by atoms with Gasteiger partial charge in [-0.1, -0.05) is 0 Å². The molecular weight excluding hydrogens is 312 g/mol. The molecule has 102 valence electrons. The fraction of sp³-hybridized carbons (Fsp3) is 0.500. The average Bonchev–Trinajstić information content (AvgIpc) is 2.84. The molecule has 5 heteroatoms. The molecule has 0 aliphatic carbocycles. The molecule has 0 bridgehead atoms. The Morgan fingerprint density at radius 1 is 1.16 bits per heavy atom. The molecule has 1 fully saturated rings. The molecule has 3 rings (SSSR count). The van der Waals surface area contributed by atoms with Crippen LogP contribution in [0.15, 0.2) is 16.6 Å². The van der Waals surface area contributed by atoms with Gasteiger partial charge < -0.3 is 14.2 Å². The highest BCUT2D eigenvalue weighted by Gasteiger charge is 2.27. The Kier molecular flexibility index (Phi) is 3.75. The number of carbonyl (C=O) groups excluding carboxylic acids is 1. The normalized spacial score (nSPS) is 22.1. The van der Waals surface area contributed by atoms with Crippen molar-refractivity contribution in [1.82, 2.24) is 0 Å². The second-order valence-electron chi connectivity index (χ2n) is 4.75. The average molecular weight is 327 g/mol. The third kappa shape index (κ3) is 2.62. The molecule has 1 aromatic rings. The molecular formula is C14H15BrO4. The number of benzene rings is 1. The molecule has 2 aliphatic heterocycles. The summed E-state index contributed by atoms with van der Waals surface area (Å²) in [5.74, 6) is 1.42. The summed E-state index contributed by atoms with van der Waals surface area (Å²) in [4.78, 5) is 12.4. The standard InChI is InChI=1S/C14H15BrO4/c15-11-7-13-12(18-3-1-4-19-13)6-10(11)14(16)9-2-5-17-8-9/h6-7,9H,1-5,8H2. The Balaban J connectivity index is 1.92. The third-order valence-corrected chi connectivity index (χ3v) is 4.06. The van der Waals surface area contributed by atoms with Gasteiger partial charge in [0.1, 0.15) is 0 Å². The highest BCUT2D eigenvalue weighted by Crippen LogP contribution is 2.36. The van der Waals surface area contributed by atoms with Crippen LogP contribution in [0.2, 0.25) is 0 Å². The maximum atomic E-state index is 12.4. The van der Waals surface area contributed by atoms with Crippen LogP contribution in [0.25, 0.3) is 0 Å². The lowest BCUT2D eigenvalue weighted by atomic mass is 9.97. The van der Waals surface area contributed by atoms with Crippen LogP contribution in [0.4, 0.5) is 0 Å². The Morgan fingerprint density at radius 2 is 1.89 bits per heavy atom. The monoisotopic (exact) mass is 326 g/mol. The Bertz CT molecular complexity index is 494. The van der Waals surface area contributed by atoms with E-state index in [0.29, 0.717) is 43.5 Å². The van der Waals surface area contributed by atoms with Crippen molar-refractivity contribution in [2.45, 2.75) is 12.8 Å². The lowest BCUT2D eigenvalue weighted by Gasteiger charge is -2.13. The number of halogens is 1. The minimum Gasteiger partial charge on any atom is -0.490 e. The minimum atomic E-state index is -0.0407. The summed E-state index contributed by atoms with van der Waals surface area (Å²) >= 11 is 3.45. The van der Waals surface area contributed by atoms with Crippen molar-refractivity contribution < 1.29 is 19.0 Å². The Labute approximate surface area is 120 Å². The van der Waals surface area contributed by atoms with Crippen molar-refractivity contribution in [2.24, 2.45) is 5.92 Å². The van der Waals surface area contributed by atoms with Crippen LogP contribution in [-0.2, 0) is 4.74 Å². The maximum Gasteiger partial charge on any atom is 0.169 e. The molecule has 1 saturated heterocycles. The van der Waals surface area contributed by atoms with Crippen molar-refractivity contribution in [3.63, 3.8) is 0 Å². The fourth-order valence-corrected chi connectivity index (χ4v) is 2.85. The van der Waals surface area contributed by atoms with Crippen LogP contribution >= 0.6 is 15.9 Å². The molecule has 0 saturated carbocycles. The second-order valence-corrected chi connectivity index (χ2v) is 5.61. The first-order valence-electron chi connectivity index (χ1n) is 6.47. The first-order valence-corrected chi connectivity index (χ1v) is 7.26. The van der Waals surface area contributed by atoms with Gasteiger partial charge in [-0.25, -0.2) is 0 Å². The largest absolute Gasteiger partial charge is 0.490 e. The first-order chi connectivity index (χ1) is 9.25. The number of fused-ring (bicyclic) bond motifs is 1. The van der Waals surface area contributed by atoms with E-state index in [1.807, 2.05) is 6.07 Å². The van der Waals surface area contributed by atoms with Crippen LogP contribution < -0.4 is 9.47 Å². The van der Waals surface area contributed by atoms with Crippen molar-refractivity contribution in [3.05, 3.63) is 22.2 Å². The van der Waals surface area contributed by atoms with Crippen molar-refractivity contribution in [1.29, 1.82) is 0 Å². The second kappa shape index (κ2) is 5.51. The molecule has 0 radical (unpaired) electrons. The minimum absolute atomic E-state index is 0.0407. The van der Waals surface area contributed by atoms with Gasteiger partial charge in [0, 0.05) is 29.0 Å². The number of hydrogen-bond donors (Lipinski definition) is 0. The highest BCUT2D eigenvalue weighted by atomic mass is 79.9. The zero-order valence-corrected chi connectivity index (χ0v) is 12.1. The van der Waals surface area contributed by atoms with E-state index < -0.39 is 0 Å². The molecule has 2 aliphatic rings. The molecule has 0 spiro atoms. The van der Waals surface area contributed by atoms with E-state index >= 15 is 0 Å². The summed E-state index contributed by atoms with van der Waals surface area (Å²) in [6, 6.07) is 3.61. The van der Waals surface area contributed by atoms with E-state index in [1.165, 1.54) is 0 Å². The molecule has 1 atom stereocenters. The summed E-state index contributed by atoms with van der Waals surface area (Å²) in [6.07, 6.45) is 1.64. The van der Waals surface area contributed by atoms with Gasteiger partial charge in [0.25, 0.3) is 0 Å². The summed E-state index contributed by atoms with van der Waals surface area (Å²) in [5, 5.41) is 0. The molecule has 1 aromatic carbocycles. The summed E-state index contributed by atoms with van der Waals surface area (Å²) in [7, 11) is 0. The Hall–Kier alpha value is -1.07. The molecule has 0 amide bonds. The molecule has 0 N–H and O–H groups in total. The van der Waals surface area contributed by atoms with Gasteiger partial charge in [0.05, 0.1) is 19.8 Å². The lowest BCUT2D eigenvalue weighted by Crippen LogP contribution is -2.15. The SMILES string of the molecule is O=C(c1cc2c(cc1Br)OCCCO2)C1CCOC1. The van der Waals surface area contributed by atoms with Crippen molar-refractivity contribution >= 4 is 21.7 Å². The Morgan fingerprint density at radius 3 is 2.58 bits per heavy atom. The van der Waals surface area contributed by atoms with E-state index in [-0.39, 0.29) is 11.7 Å². The van der Waals surface area contributed by atoms with Gasteiger partial charge in [0.2, 0.25) is 0 Å². The first kappa shape index (κ1) is 12.9. The molecule has 4 nitrogen and oxygen atoms in total. The molecule has 1 unspecified atom stereocenters. The lowest BCUT2D eigenvalue weighted by molar-refractivity contribution is 0.0899. The summed E-state index contributed by atoms with van der Waals surface area (Å²) < 4.78 is 17.3. The number of carbonyl (C=O) groups is 1. The highest BCUT2D eigenvalue weighted by molar-refractivity contribution is 9.10. The quantitative estimate of drug-likeness (QED) is 0.784. The van der Waals surface area contributed by atoms with Crippen LogP contribution in [0.5, 0.6) is 11.5 Å². The zero-order valence-electron chi connectivity index (χ0n) is 10.5. The number of ketones is 1. The van der Waals surface area contributed by atoms with Crippen LogP contribution in [0, 0.1) is 5.92 Å². The van der Waals surface area contributed by atoms with Crippen LogP contribution in [0.1, 0.15) is 23.2 Å². The van der Waals surface area contributed by atoms with Gasteiger partial charge >= 0.3 is 0 Å². The van der Waals surface area contributed by atoms with E-state index in [9.17, 15) is 4.79 Å². The van der Waals surface area contributed by atoms with Crippen LogP contribution in [0.3, 0.4) is 0 Å². The smallest absolute Gasteiger partial charge is 0.169 e. The topological polar surface area (TPSA) is 44.8 Å². The predicted molar refractivity (Wildman–Crippen MR) is 73.0 cm³/mol. The third-order valence-electron chi connectivity index (χ3n) is 3.40.